The number of amides is 4. The van der Waals surface area contributed by atoms with Gasteiger partial charge in [-0.3, -0.25) is 19.6 Å². The van der Waals surface area contributed by atoms with Gasteiger partial charge in [-0.1, -0.05) is 23.7 Å². The van der Waals surface area contributed by atoms with Crippen molar-refractivity contribution in [1.82, 2.24) is 21.4 Å². The number of carbonyl (C=O) groups is 5. The van der Waals surface area contributed by atoms with E-state index in [2.05, 4.69) is 39.6 Å². The SMILES string of the molecule is CC(C)(N)[C@H](NC(=O)c1ccc(OCC#CC2=CCOCC2)cc1)C(=O)NO.COC(=O)[C@@H](NC(=O)c1ccc(OCC#CC2=CCOCC2)cc1)C(C)(C)NC(=O)OC(C)(C)C. The van der Waals surface area contributed by atoms with Gasteiger partial charge in [0.2, 0.25) is 0 Å². The largest absolute Gasteiger partial charge is 0.481 e. The lowest BCUT2D eigenvalue weighted by atomic mass is 9.94. The second-order valence-corrected chi connectivity index (χ2v) is 16.3. The fourth-order valence-corrected chi connectivity index (χ4v) is 5.60. The molecule has 7 N–H and O–H groups in total. The van der Waals surface area contributed by atoms with Crippen molar-refractivity contribution in [2.75, 3.05) is 46.8 Å². The molecule has 2 atom stereocenters. The molecule has 340 valence electrons. The Balaban J connectivity index is 0.000000344. The van der Waals surface area contributed by atoms with Crippen LogP contribution in [0, 0.1) is 23.7 Å². The number of rotatable bonds is 13. The average molecular weight is 874 g/mol. The molecule has 63 heavy (non-hydrogen) atoms. The summed E-state index contributed by atoms with van der Waals surface area (Å²) in [6.45, 7) is 14.5. The highest BCUT2D eigenvalue weighted by molar-refractivity contribution is 5.98. The van der Waals surface area contributed by atoms with Gasteiger partial charge in [0.1, 0.15) is 42.4 Å². The molecule has 2 aliphatic heterocycles. The molecule has 17 nitrogen and oxygen atoms in total. The molecule has 17 heteroatoms. The van der Waals surface area contributed by atoms with Crippen molar-refractivity contribution in [3.05, 3.63) is 83.0 Å². The predicted molar refractivity (Wildman–Crippen MR) is 233 cm³/mol. The number of esters is 1. The monoisotopic (exact) mass is 873 g/mol. The molecule has 0 unspecified atom stereocenters. The molecule has 4 amide bonds. The van der Waals surface area contributed by atoms with Crippen molar-refractivity contribution in [2.24, 2.45) is 5.73 Å². The Kier molecular flexibility index (Phi) is 19.7. The van der Waals surface area contributed by atoms with E-state index >= 15 is 0 Å². The van der Waals surface area contributed by atoms with Crippen molar-refractivity contribution >= 4 is 29.8 Å². The zero-order valence-corrected chi connectivity index (χ0v) is 37.1. The number of carbonyl (C=O) groups excluding carboxylic acids is 5. The van der Waals surface area contributed by atoms with Gasteiger partial charge in [-0.25, -0.2) is 15.1 Å². The Hall–Kier alpha value is -6.37. The van der Waals surface area contributed by atoms with E-state index in [1.807, 2.05) is 12.2 Å². The number of methoxy groups -OCH3 is 1. The van der Waals surface area contributed by atoms with Crippen LogP contribution < -0.4 is 36.6 Å². The Labute approximate surface area is 368 Å². The zero-order chi connectivity index (χ0) is 46.6. The molecule has 2 heterocycles. The molecule has 0 radical (unpaired) electrons. The van der Waals surface area contributed by atoms with E-state index in [0.717, 1.165) is 24.0 Å². The van der Waals surface area contributed by atoms with Crippen LogP contribution in [0.2, 0.25) is 0 Å². The fourth-order valence-electron chi connectivity index (χ4n) is 5.60. The standard InChI is InChI=1S/C26H34N2O7.C20H25N3O5/c1-25(2,3)35-24(31)28-26(4,5)21(23(30)32-6)27-22(29)19-9-11-20(12-10-19)34-15-7-8-18-13-16-33-17-14-18;1-20(2,21)17(19(25)23-26)22-18(24)15-5-7-16(8-6-15)28-11-3-4-14-9-12-27-13-10-14/h9-13,21H,14-17H2,1-6H3,(H,27,29)(H,28,31);5-9,17,26H,10-13,21H2,1-2H3,(H,22,24)(H,23,25)/t21-;17-/m11/s1. The minimum absolute atomic E-state index is 0.207. The van der Waals surface area contributed by atoms with Crippen LogP contribution in [-0.2, 0) is 28.5 Å². The van der Waals surface area contributed by atoms with Gasteiger partial charge in [0.05, 0.1) is 39.1 Å². The Morgan fingerprint density at radius 1 is 0.730 bits per heavy atom. The third-order valence-electron chi connectivity index (χ3n) is 8.93. The number of alkyl carbamates (subject to hydrolysis) is 1. The van der Waals surface area contributed by atoms with E-state index < -0.39 is 58.5 Å². The van der Waals surface area contributed by atoms with Gasteiger partial charge in [0, 0.05) is 40.7 Å². The minimum Gasteiger partial charge on any atom is -0.481 e. The van der Waals surface area contributed by atoms with Crippen molar-refractivity contribution in [2.45, 2.75) is 90.1 Å². The molecule has 0 spiro atoms. The highest BCUT2D eigenvalue weighted by Gasteiger charge is 2.40. The molecule has 0 saturated carbocycles. The molecule has 0 fully saturated rings. The summed E-state index contributed by atoms with van der Waals surface area (Å²) in [5.41, 5.74) is 7.14. The van der Waals surface area contributed by atoms with E-state index in [0.29, 0.717) is 49.1 Å². The first-order valence-electron chi connectivity index (χ1n) is 20.1. The summed E-state index contributed by atoms with van der Waals surface area (Å²) in [4.78, 5) is 61.6. The lowest BCUT2D eigenvalue weighted by molar-refractivity contribution is -0.144. The summed E-state index contributed by atoms with van der Waals surface area (Å²) in [6.07, 6.45) is 4.80. The predicted octanol–water partition coefficient (Wildman–Crippen LogP) is 3.75. The van der Waals surface area contributed by atoms with Crippen LogP contribution in [-0.4, -0.2) is 111 Å². The number of nitrogens with two attached hydrogens (primary N) is 1. The van der Waals surface area contributed by atoms with E-state index in [4.69, 9.17) is 39.4 Å². The van der Waals surface area contributed by atoms with Crippen LogP contribution in [0.25, 0.3) is 0 Å². The van der Waals surface area contributed by atoms with Gasteiger partial charge in [-0.15, -0.1) is 0 Å². The second kappa shape index (κ2) is 24.3. The quantitative estimate of drug-likeness (QED) is 0.0730. The summed E-state index contributed by atoms with van der Waals surface area (Å²) in [5.74, 6) is 10.6. The number of hydroxylamine groups is 1. The summed E-state index contributed by atoms with van der Waals surface area (Å²) in [5, 5.41) is 16.6. The molecule has 2 aliphatic rings. The number of hydrogen-bond donors (Lipinski definition) is 6. The van der Waals surface area contributed by atoms with Crippen LogP contribution in [0.1, 0.15) is 82.0 Å². The molecular formula is C46H59N5O12. The van der Waals surface area contributed by atoms with E-state index in [-0.39, 0.29) is 13.2 Å². The third-order valence-corrected chi connectivity index (χ3v) is 8.93. The van der Waals surface area contributed by atoms with Gasteiger partial charge in [0.15, 0.2) is 0 Å². The Bertz CT molecular complexity index is 2080. The fraction of sp³-hybridized carbons (Fsp3) is 0.457. The molecule has 0 bridgehead atoms. The van der Waals surface area contributed by atoms with Gasteiger partial charge in [-0.05, 0) is 109 Å². The molecule has 0 saturated heterocycles. The first-order valence-corrected chi connectivity index (χ1v) is 20.1. The molecule has 2 aromatic carbocycles. The summed E-state index contributed by atoms with van der Waals surface area (Å²) in [7, 11) is 1.21. The third kappa shape index (κ3) is 18.3. The smallest absolute Gasteiger partial charge is 0.408 e. The van der Waals surface area contributed by atoms with Gasteiger partial charge < -0.3 is 50.1 Å². The van der Waals surface area contributed by atoms with Crippen LogP contribution in [0.5, 0.6) is 11.5 Å². The maximum Gasteiger partial charge on any atom is 0.408 e. The minimum atomic E-state index is -1.20. The molecule has 0 aromatic heterocycles. The second-order valence-electron chi connectivity index (χ2n) is 16.3. The molecule has 4 rings (SSSR count). The van der Waals surface area contributed by atoms with Crippen molar-refractivity contribution in [3.63, 3.8) is 0 Å². The summed E-state index contributed by atoms with van der Waals surface area (Å²) >= 11 is 0. The lowest BCUT2D eigenvalue weighted by Gasteiger charge is -2.34. The first-order chi connectivity index (χ1) is 29.7. The zero-order valence-electron chi connectivity index (χ0n) is 37.1. The van der Waals surface area contributed by atoms with E-state index in [9.17, 15) is 24.0 Å². The van der Waals surface area contributed by atoms with Crippen molar-refractivity contribution in [1.29, 1.82) is 0 Å². The number of nitrogens with one attached hydrogen (secondary N) is 4. The normalized spacial score (nSPS) is 14.6. The topological polar surface area (TPSA) is 235 Å². The van der Waals surface area contributed by atoms with Gasteiger partial charge in [-0.2, -0.15) is 0 Å². The summed E-state index contributed by atoms with van der Waals surface area (Å²) < 4.78 is 31.7. The van der Waals surface area contributed by atoms with Gasteiger partial charge in [0.25, 0.3) is 17.7 Å². The molecular weight excluding hydrogens is 815 g/mol. The average Bonchev–Trinajstić information content (AvgIpc) is 3.24. The van der Waals surface area contributed by atoms with E-state index in [1.165, 1.54) is 12.6 Å². The maximum absolute atomic E-state index is 12.8. The van der Waals surface area contributed by atoms with E-state index in [1.54, 1.807) is 97.0 Å². The maximum atomic E-state index is 12.8. The Morgan fingerprint density at radius 2 is 1.17 bits per heavy atom. The molecule has 2 aromatic rings. The van der Waals surface area contributed by atoms with Crippen LogP contribution in [0.4, 0.5) is 4.79 Å². The van der Waals surface area contributed by atoms with Crippen LogP contribution >= 0.6 is 0 Å². The van der Waals surface area contributed by atoms with Crippen molar-refractivity contribution in [3.8, 4) is 35.2 Å². The van der Waals surface area contributed by atoms with Crippen molar-refractivity contribution < 1.29 is 57.6 Å². The highest BCUT2D eigenvalue weighted by atomic mass is 16.6. The molecule has 0 aliphatic carbocycles. The van der Waals surface area contributed by atoms with Crippen LogP contribution in [0.15, 0.2) is 71.8 Å². The Morgan fingerprint density at radius 3 is 1.54 bits per heavy atom. The number of benzene rings is 2. The number of hydrogen-bond acceptors (Lipinski definition) is 13. The first kappa shape index (κ1) is 51.0. The van der Waals surface area contributed by atoms with Gasteiger partial charge >= 0.3 is 12.1 Å². The number of ether oxygens (including phenoxy) is 6. The van der Waals surface area contributed by atoms with Crippen LogP contribution in [0.3, 0.4) is 0 Å². The highest BCUT2D eigenvalue weighted by Crippen LogP contribution is 2.18. The lowest BCUT2D eigenvalue weighted by Crippen LogP contribution is -2.62. The summed E-state index contributed by atoms with van der Waals surface area (Å²) in [6, 6.07) is 10.6.